The van der Waals surface area contributed by atoms with Crippen LogP contribution in [0.5, 0.6) is 17.2 Å². The van der Waals surface area contributed by atoms with Gasteiger partial charge in [-0.15, -0.1) is 11.3 Å². The van der Waals surface area contributed by atoms with E-state index >= 15 is 0 Å². The first kappa shape index (κ1) is 24.3. The van der Waals surface area contributed by atoms with E-state index in [0.29, 0.717) is 43.6 Å². The highest BCUT2D eigenvalue weighted by Gasteiger charge is 2.24. The first-order valence-electron chi connectivity index (χ1n) is 11.3. The Balaban J connectivity index is 1.79. The van der Waals surface area contributed by atoms with Crippen LogP contribution in [-0.2, 0) is 0 Å². The molecule has 0 bridgehead atoms. The second-order valence-electron chi connectivity index (χ2n) is 8.20. The smallest absolute Gasteiger partial charge is 0.205 e. The van der Waals surface area contributed by atoms with Crippen molar-refractivity contribution in [1.82, 2.24) is 4.98 Å². The molecule has 8 heteroatoms. The SMILES string of the molecule is COc1cc(-c2cc(-c3ccccc3)nc3sc(C(=O)c4ccc(F)cc4)c(N)c23)cc(OC)c1OC. The number of halogens is 1. The molecule has 5 aromatic rings. The molecule has 0 spiro atoms. The molecule has 2 heterocycles. The third-order valence-electron chi connectivity index (χ3n) is 6.06. The second kappa shape index (κ2) is 9.91. The number of methoxy groups -OCH3 is 3. The Kier molecular flexibility index (Phi) is 6.50. The monoisotopic (exact) mass is 514 g/mol. The minimum absolute atomic E-state index is 0.294. The molecule has 0 aliphatic rings. The fourth-order valence-corrected chi connectivity index (χ4v) is 5.32. The van der Waals surface area contributed by atoms with Crippen LogP contribution in [-0.4, -0.2) is 32.1 Å². The number of aromatic nitrogens is 1. The summed E-state index contributed by atoms with van der Waals surface area (Å²) in [5.41, 5.74) is 10.4. The van der Waals surface area contributed by atoms with Gasteiger partial charge in [0, 0.05) is 16.5 Å². The van der Waals surface area contributed by atoms with Crippen LogP contribution in [0.15, 0.2) is 72.8 Å². The molecule has 5 rings (SSSR count). The number of carbonyl (C=O) groups is 1. The van der Waals surface area contributed by atoms with Gasteiger partial charge in [0.2, 0.25) is 11.5 Å². The van der Waals surface area contributed by atoms with E-state index in [1.807, 2.05) is 48.5 Å². The van der Waals surface area contributed by atoms with E-state index in [1.54, 1.807) is 21.3 Å². The van der Waals surface area contributed by atoms with Gasteiger partial charge in [-0.3, -0.25) is 4.79 Å². The van der Waals surface area contributed by atoms with Gasteiger partial charge in [0.05, 0.1) is 32.7 Å². The van der Waals surface area contributed by atoms with Crippen molar-refractivity contribution in [3.8, 4) is 39.6 Å². The van der Waals surface area contributed by atoms with Gasteiger partial charge in [0.25, 0.3) is 0 Å². The standard InChI is InChI=1S/C29H23FN2O4S/c1-34-22-13-18(14-23(35-2)27(22)36-3)20-15-21(16-7-5-4-6-8-16)32-29-24(20)25(31)28(37-29)26(33)17-9-11-19(30)12-10-17/h4-15H,31H2,1-3H3. The van der Waals surface area contributed by atoms with Crippen molar-refractivity contribution in [3.05, 3.63) is 89.1 Å². The third-order valence-corrected chi connectivity index (χ3v) is 7.16. The maximum absolute atomic E-state index is 13.5. The van der Waals surface area contributed by atoms with Crippen LogP contribution >= 0.6 is 11.3 Å². The third kappa shape index (κ3) is 4.36. The summed E-state index contributed by atoms with van der Waals surface area (Å²) in [4.78, 5) is 19.2. The van der Waals surface area contributed by atoms with Crippen molar-refractivity contribution < 1.29 is 23.4 Å². The highest BCUT2D eigenvalue weighted by atomic mass is 32.1. The van der Waals surface area contributed by atoms with Crippen LogP contribution in [0.3, 0.4) is 0 Å². The number of pyridine rings is 1. The largest absolute Gasteiger partial charge is 0.493 e. The molecule has 0 fully saturated rings. The molecule has 0 aliphatic heterocycles. The summed E-state index contributed by atoms with van der Waals surface area (Å²) >= 11 is 1.21. The molecule has 0 atom stereocenters. The van der Waals surface area contributed by atoms with Gasteiger partial charge in [0.1, 0.15) is 15.5 Å². The van der Waals surface area contributed by atoms with Crippen molar-refractivity contribution >= 4 is 33.0 Å². The Hall–Kier alpha value is -4.43. The number of fused-ring (bicyclic) bond motifs is 1. The van der Waals surface area contributed by atoms with Gasteiger partial charge in [0.15, 0.2) is 11.5 Å². The lowest BCUT2D eigenvalue weighted by Gasteiger charge is -2.15. The Morgan fingerprint density at radius 3 is 2.11 bits per heavy atom. The minimum Gasteiger partial charge on any atom is -0.493 e. The first-order chi connectivity index (χ1) is 17.9. The maximum Gasteiger partial charge on any atom is 0.205 e. The predicted molar refractivity (Wildman–Crippen MR) is 144 cm³/mol. The summed E-state index contributed by atoms with van der Waals surface area (Å²) in [7, 11) is 4.65. The van der Waals surface area contributed by atoms with E-state index in [1.165, 1.54) is 35.6 Å². The quantitative estimate of drug-likeness (QED) is 0.246. The zero-order valence-electron chi connectivity index (χ0n) is 20.4. The van der Waals surface area contributed by atoms with E-state index in [4.69, 9.17) is 24.9 Å². The molecule has 0 saturated carbocycles. The molecule has 0 amide bonds. The lowest BCUT2D eigenvalue weighted by Crippen LogP contribution is -2.02. The van der Waals surface area contributed by atoms with Gasteiger partial charge < -0.3 is 19.9 Å². The molecule has 0 unspecified atom stereocenters. The number of rotatable bonds is 7. The van der Waals surface area contributed by atoms with Gasteiger partial charge >= 0.3 is 0 Å². The lowest BCUT2D eigenvalue weighted by molar-refractivity contribution is 0.104. The first-order valence-corrected chi connectivity index (χ1v) is 12.2. The van der Waals surface area contributed by atoms with Crippen molar-refractivity contribution in [2.75, 3.05) is 27.1 Å². The van der Waals surface area contributed by atoms with Crippen molar-refractivity contribution in [1.29, 1.82) is 0 Å². The molecule has 3 aromatic carbocycles. The molecule has 2 N–H and O–H groups in total. The number of hydrogen-bond donors (Lipinski definition) is 1. The van der Waals surface area contributed by atoms with Crippen molar-refractivity contribution in [2.45, 2.75) is 0 Å². The fourth-order valence-electron chi connectivity index (χ4n) is 4.24. The molecule has 0 aliphatic carbocycles. The highest BCUT2D eigenvalue weighted by molar-refractivity contribution is 7.21. The topological polar surface area (TPSA) is 83.7 Å². The molecule has 0 saturated heterocycles. The molecule has 0 radical (unpaired) electrons. The van der Waals surface area contributed by atoms with Crippen LogP contribution in [0.25, 0.3) is 32.6 Å². The molecule has 186 valence electrons. The molecule has 6 nitrogen and oxygen atoms in total. The average Bonchev–Trinajstić information content (AvgIpc) is 3.28. The molecule has 2 aromatic heterocycles. The summed E-state index contributed by atoms with van der Waals surface area (Å²) in [6.45, 7) is 0. The van der Waals surface area contributed by atoms with Crippen molar-refractivity contribution in [2.24, 2.45) is 0 Å². The number of ketones is 1. The number of anilines is 1. The van der Waals surface area contributed by atoms with Gasteiger partial charge in [-0.1, -0.05) is 30.3 Å². The normalized spacial score (nSPS) is 10.9. The number of nitrogens with two attached hydrogens (primary N) is 1. The second-order valence-corrected chi connectivity index (χ2v) is 9.20. The molecular formula is C29H23FN2O4S. The Morgan fingerprint density at radius 1 is 0.865 bits per heavy atom. The maximum atomic E-state index is 13.5. The van der Waals surface area contributed by atoms with Crippen LogP contribution in [0, 0.1) is 5.82 Å². The van der Waals surface area contributed by atoms with Crippen LogP contribution in [0.1, 0.15) is 15.2 Å². The van der Waals surface area contributed by atoms with Crippen molar-refractivity contribution in [3.63, 3.8) is 0 Å². The van der Waals surface area contributed by atoms with Crippen LogP contribution in [0.2, 0.25) is 0 Å². The Morgan fingerprint density at radius 2 is 1.51 bits per heavy atom. The lowest BCUT2D eigenvalue weighted by atomic mass is 9.98. The van der Waals surface area contributed by atoms with E-state index in [2.05, 4.69) is 0 Å². The van der Waals surface area contributed by atoms with E-state index < -0.39 is 5.82 Å². The summed E-state index contributed by atoms with van der Waals surface area (Å²) in [5.74, 6) is 0.726. The summed E-state index contributed by atoms with van der Waals surface area (Å²) in [5, 5.41) is 0.643. The fraction of sp³-hybridized carbons (Fsp3) is 0.103. The zero-order chi connectivity index (χ0) is 26.1. The molecule has 37 heavy (non-hydrogen) atoms. The zero-order valence-corrected chi connectivity index (χ0v) is 21.2. The molecular weight excluding hydrogens is 491 g/mol. The van der Waals surface area contributed by atoms with Gasteiger partial charge in [-0.25, -0.2) is 9.37 Å². The van der Waals surface area contributed by atoms with Gasteiger partial charge in [-0.2, -0.15) is 0 Å². The van der Waals surface area contributed by atoms with E-state index in [-0.39, 0.29) is 5.78 Å². The number of hydrogen-bond acceptors (Lipinski definition) is 7. The Labute approximate surface area is 217 Å². The number of ether oxygens (including phenoxy) is 3. The number of nitrogens with zero attached hydrogens (tertiary/aromatic N) is 1. The summed E-state index contributed by atoms with van der Waals surface area (Å²) in [6.07, 6.45) is 0. The highest BCUT2D eigenvalue weighted by Crippen LogP contribution is 2.46. The number of carbonyl (C=O) groups excluding carboxylic acids is 1. The number of benzene rings is 3. The number of nitrogen functional groups attached to an aromatic ring is 1. The average molecular weight is 515 g/mol. The van der Waals surface area contributed by atoms with E-state index in [9.17, 15) is 9.18 Å². The van der Waals surface area contributed by atoms with Gasteiger partial charge in [-0.05, 0) is 53.6 Å². The Bertz CT molecular complexity index is 1590. The predicted octanol–water partition coefficient (Wildman–Crippen LogP) is 6.61. The minimum atomic E-state index is -0.417. The van der Waals surface area contributed by atoms with Crippen LogP contribution < -0.4 is 19.9 Å². The van der Waals surface area contributed by atoms with E-state index in [0.717, 1.165) is 22.4 Å². The number of thiophene rings is 1. The summed E-state index contributed by atoms with van der Waals surface area (Å²) in [6, 6.07) is 20.8. The van der Waals surface area contributed by atoms with Crippen LogP contribution in [0.4, 0.5) is 10.1 Å². The summed E-state index contributed by atoms with van der Waals surface area (Å²) < 4.78 is 30.1.